The minimum absolute atomic E-state index is 0.0586. The van der Waals surface area contributed by atoms with E-state index in [1.165, 1.54) is 56.9 Å². The highest BCUT2D eigenvalue weighted by Crippen LogP contribution is 2.34. The SMILES string of the molecule is CCCC1CCCC(CCc2ccc(-c3ccc(C(C)=O)cn3)cc2)C1. The fraction of sp³-hybridized carbons (Fsp3) is 0.500. The molecule has 2 aromatic rings. The van der Waals surface area contributed by atoms with Gasteiger partial charge in [-0.05, 0) is 55.7 Å². The van der Waals surface area contributed by atoms with Gasteiger partial charge in [0.15, 0.2) is 5.78 Å². The molecule has 0 radical (unpaired) electrons. The molecule has 26 heavy (non-hydrogen) atoms. The first-order valence-electron chi connectivity index (χ1n) is 10.2. The molecule has 0 aliphatic heterocycles. The maximum atomic E-state index is 11.4. The number of ketones is 1. The van der Waals surface area contributed by atoms with Crippen LogP contribution in [0, 0.1) is 11.8 Å². The predicted molar refractivity (Wildman–Crippen MR) is 108 cm³/mol. The summed E-state index contributed by atoms with van der Waals surface area (Å²) in [6.45, 7) is 3.88. The number of nitrogens with zero attached hydrogens (tertiary/aromatic N) is 1. The van der Waals surface area contributed by atoms with E-state index >= 15 is 0 Å². The quantitative estimate of drug-likeness (QED) is 0.535. The summed E-state index contributed by atoms with van der Waals surface area (Å²) in [6.07, 6.45) is 12.7. The van der Waals surface area contributed by atoms with E-state index in [4.69, 9.17) is 0 Å². The highest BCUT2D eigenvalue weighted by atomic mass is 16.1. The van der Waals surface area contributed by atoms with E-state index in [1.807, 2.05) is 12.1 Å². The van der Waals surface area contributed by atoms with Gasteiger partial charge in [0.25, 0.3) is 0 Å². The number of Topliss-reactive ketones (excluding diaryl/α,β-unsaturated/α-hetero) is 1. The summed E-state index contributed by atoms with van der Waals surface area (Å²) in [5, 5.41) is 0. The van der Waals surface area contributed by atoms with Crippen LogP contribution in [-0.4, -0.2) is 10.8 Å². The molecule has 0 bridgehead atoms. The molecule has 1 fully saturated rings. The van der Waals surface area contributed by atoms with Gasteiger partial charge in [0.1, 0.15) is 0 Å². The van der Waals surface area contributed by atoms with Gasteiger partial charge in [0, 0.05) is 17.3 Å². The first kappa shape index (κ1) is 18.8. The number of hydrogen-bond donors (Lipinski definition) is 0. The summed E-state index contributed by atoms with van der Waals surface area (Å²) >= 11 is 0. The molecular weight excluding hydrogens is 318 g/mol. The Morgan fingerprint density at radius 2 is 1.77 bits per heavy atom. The number of carbonyl (C=O) groups excluding carboxylic acids is 1. The molecule has 0 N–H and O–H groups in total. The standard InChI is InChI=1S/C24H31NO/c1-3-5-20-6-4-7-21(16-20)9-8-19-10-12-22(13-11-19)24-15-14-23(17-25-24)18(2)26/h10-15,17,20-21H,3-9,16H2,1-2H3. The van der Waals surface area contributed by atoms with Crippen LogP contribution in [-0.2, 0) is 6.42 Å². The minimum Gasteiger partial charge on any atom is -0.294 e. The van der Waals surface area contributed by atoms with Crippen LogP contribution >= 0.6 is 0 Å². The average molecular weight is 350 g/mol. The van der Waals surface area contributed by atoms with Gasteiger partial charge in [-0.1, -0.05) is 63.3 Å². The van der Waals surface area contributed by atoms with E-state index in [-0.39, 0.29) is 5.78 Å². The van der Waals surface area contributed by atoms with Crippen molar-refractivity contribution >= 4 is 5.78 Å². The zero-order valence-corrected chi connectivity index (χ0v) is 16.2. The number of carbonyl (C=O) groups is 1. The van der Waals surface area contributed by atoms with Crippen molar-refractivity contribution in [2.24, 2.45) is 11.8 Å². The molecule has 1 aliphatic carbocycles. The molecule has 0 amide bonds. The van der Waals surface area contributed by atoms with Gasteiger partial charge in [-0.2, -0.15) is 0 Å². The lowest BCUT2D eigenvalue weighted by Gasteiger charge is -2.29. The number of pyridine rings is 1. The number of benzene rings is 1. The van der Waals surface area contributed by atoms with Crippen LogP contribution in [0.2, 0.25) is 0 Å². The van der Waals surface area contributed by atoms with Gasteiger partial charge < -0.3 is 0 Å². The lowest BCUT2D eigenvalue weighted by Crippen LogP contribution is -2.16. The summed E-state index contributed by atoms with van der Waals surface area (Å²) < 4.78 is 0. The smallest absolute Gasteiger partial charge is 0.161 e. The molecule has 1 aromatic heterocycles. The molecule has 2 atom stereocenters. The average Bonchev–Trinajstić information content (AvgIpc) is 2.67. The summed E-state index contributed by atoms with van der Waals surface area (Å²) in [6, 6.07) is 12.6. The molecule has 1 aliphatic rings. The van der Waals surface area contributed by atoms with Crippen molar-refractivity contribution in [3.63, 3.8) is 0 Å². The van der Waals surface area contributed by atoms with Gasteiger partial charge in [-0.3, -0.25) is 9.78 Å². The largest absolute Gasteiger partial charge is 0.294 e. The Morgan fingerprint density at radius 3 is 2.38 bits per heavy atom. The maximum absolute atomic E-state index is 11.4. The second kappa shape index (κ2) is 9.12. The molecule has 138 valence electrons. The summed E-state index contributed by atoms with van der Waals surface area (Å²) in [4.78, 5) is 15.8. The summed E-state index contributed by atoms with van der Waals surface area (Å²) in [5.41, 5.74) is 4.13. The highest BCUT2D eigenvalue weighted by Gasteiger charge is 2.21. The molecule has 1 saturated carbocycles. The Balaban J connectivity index is 1.55. The number of hydrogen-bond acceptors (Lipinski definition) is 2. The van der Waals surface area contributed by atoms with Crippen molar-refractivity contribution in [2.75, 3.05) is 0 Å². The van der Waals surface area contributed by atoms with Crippen molar-refractivity contribution < 1.29 is 4.79 Å². The lowest BCUT2D eigenvalue weighted by atomic mass is 9.77. The van der Waals surface area contributed by atoms with Gasteiger partial charge in [-0.25, -0.2) is 0 Å². The Labute approximate surface area is 158 Å². The van der Waals surface area contributed by atoms with Crippen molar-refractivity contribution in [1.29, 1.82) is 0 Å². The van der Waals surface area contributed by atoms with Crippen molar-refractivity contribution in [2.45, 2.75) is 65.2 Å². The van der Waals surface area contributed by atoms with Crippen LogP contribution in [0.1, 0.15) is 74.7 Å². The molecule has 3 rings (SSSR count). The second-order valence-corrected chi connectivity index (χ2v) is 7.91. The first-order valence-corrected chi connectivity index (χ1v) is 10.2. The van der Waals surface area contributed by atoms with Crippen LogP contribution in [0.25, 0.3) is 11.3 Å². The zero-order chi connectivity index (χ0) is 18.4. The fourth-order valence-electron chi connectivity index (χ4n) is 4.32. The number of aromatic nitrogens is 1. The van der Waals surface area contributed by atoms with Gasteiger partial charge in [-0.15, -0.1) is 0 Å². The Kier molecular flexibility index (Phi) is 6.60. The Hall–Kier alpha value is -1.96. The van der Waals surface area contributed by atoms with Crippen LogP contribution in [0.4, 0.5) is 0 Å². The maximum Gasteiger partial charge on any atom is 0.161 e. The Morgan fingerprint density at radius 1 is 1.04 bits per heavy atom. The summed E-state index contributed by atoms with van der Waals surface area (Å²) in [5.74, 6) is 1.95. The molecule has 2 unspecified atom stereocenters. The first-order chi connectivity index (χ1) is 12.7. The third-order valence-electron chi connectivity index (χ3n) is 5.85. The highest BCUT2D eigenvalue weighted by molar-refractivity contribution is 5.93. The molecule has 2 nitrogen and oxygen atoms in total. The van der Waals surface area contributed by atoms with Gasteiger partial charge in [0.2, 0.25) is 0 Å². The third kappa shape index (κ3) is 5.03. The van der Waals surface area contributed by atoms with E-state index in [0.29, 0.717) is 5.56 Å². The van der Waals surface area contributed by atoms with E-state index in [0.717, 1.165) is 23.1 Å². The Bertz CT molecular complexity index is 700. The van der Waals surface area contributed by atoms with E-state index in [2.05, 4.69) is 36.2 Å². The topological polar surface area (TPSA) is 30.0 Å². The van der Waals surface area contributed by atoms with Crippen molar-refractivity contribution in [3.8, 4) is 11.3 Å². The minimum atomic E-state index is 0.0586. The van der Waals surface area contributed by atoms with Crippen LogP contribution in [0.15, 0.2) is 42.6 Å². The molecule has 1 heterocycles. The monoisotopic (exact) mass is 349 g/mol. The molecule has 0 saturated heterocycles. The van der Waals surface area contributed by atoms with Crippen LogP contribution in [0.5, 0.6) is 0 Å². The second-order valence-electron chi connectivity index (χ2n) is 7.91. The van der Waals surface area contributed by atoms with Crippen LogP contribution < -0.4 is 0 Å². The van der Waals surface area contributed by atoms with Crippen molar-refractivity contribution in [3.05, 3.63) is 53.7 Å². The van der Waals surface area contributed by atoms with Gasteiger partial charge >= 0.3 is 0 Å². The predicted octanol–water partition coefficient (Wildman–Crippen LogP) is 6.49. The van der Waals surface area contributed by atoms with Crippen LogP contribution in [0.3, 0.4) is 0 Å². The fourth-order valence-corrected chi connectivity index (χ4v) is 4.32. The normalized spacial score (nSPS) is 20.1. The van der Waals surface area contributed by atoms with E-state index in [1.54, 1.807) is 13.1 Å². The lowest BCUT2D eigenvalue weighted by molar-refractivity contribution is 0.101. The molecular formula is C24H31NO. The third-order valence-corrected chi connectivity index (χ3v) is 5.85. The molecule has 1 aromatic carbocycles. The number of aryl methyl sites for hydroxylation is 1. The zero-order valence-electron chi connectivity index (χ0n) is 16.2. The van der Waals surface area contributed by atoms with E-state index < -0.39 is 0 Å². The molecule has 2 heteroatoms. The molecule has 0 spiro atoms. The van der Waals surface area contributed by atoms with Crippen molar-refractivity contribution in [1.82, 2.24) is 4.98 Å². The number of rotatable bonds is 7. The van der Waals surface area contributed by atoms with E-state index in [9.17, 15) is 4.79 Å². The van der Waals surface area contributed by atoms with Gasteiger partial charge in [0.05, 0.1) is 5.69 Å². The summed E-state index contributed by atoms with van der Waals surface area (Å²) in [7, 11) is 0.